The second-order valence-corrected chi connectivity index (χ2v) is 5.66. The summed E-state index contributed by atoms with van der Waals surface area (Å²) in [5.74, 6) is 0.866. The van der Waals surface area contributed by atoms with Crippen LogP contribution in [0, 0.1) is 5.92 Å². The Morgan fingerprint density at radius 1 is 1.33 bits per heavy atom. The summed E-state index contributed by atoms with van der Waals surface area (Å²) in [6.07, 6.45) is 0.718. The Balaban J connectivity index is 2.11. The number of carbonyl (C=O) groups is 1. The lowest BCUT2D eigenvalue weighted by Crippen LogP contribution is -2.34. The molecule has 1 amide bonds. The molecular formula is C16H24N4O. The van der Waals surface area contributed by atoms with E-state index in [4.69, 9.17) is 5.73 Å². The fraction of sp³-hybridized carbons (Fsp3) is 0.500. The van der Waals surface area contributed by atoms with Gasteiger partial charge in [0, 0.05) is 31.5 Å². The number of aromatic nitrogens is 2. The van der Waals surface area contributed by atoms with Crippen LogP contribution >= 0.6 is 0 Å². The molecule has 2 rings (SSSR count). The van der Waals surface area contributed by atoms with E-state index in [-0.39, 0.29) is 11.8 Å². The fourth-order valence-electron chi connectivity index (χ4n) is 2.43. The largest absolute Gasteiger partial charge is 0.355 e. The number of carbonyl (C=O) groups excluding carboxylic acids is 1. The molecule has 0 radical (unpaired) electrons. The summed E-state index contributed by atoms with van der Waals surface area (Å²) in [5.41, 5.74) is 7.64. The number of nitrogens with one attached hydrogen (secondary N) is 1. The van der Waals surface area contributed by atoms with E-state index in [9.17, 15) is 4.79 Å². The smallest absolute Gasteiger partial charge is 0.224 e. The van der Waals surface area contributed by atoms with Crippen molar-refractivity contribution in [2.24, 2.45) is 11.7 Å². The van der Waals surface area contributed by atoms with Crippen molar-refractivity contribution in [3.05, 3.63) is 30.1 Å². The number of rotatable bonds is 6. The molecule has 1 atom stereocenters. The molecule has 0 aliphatic rings. The number of hydrogen-bond donors (Lipinski definition) is 2. The Hall–Kier alpha value is -1.88. The Bertz CT molecular complexity index is 618. The van der Waals surface area contributed by atoms with E-state index in [1.165, 1.54) is 0 Å². The van der Waals surface area contributed by atoms with Gasteiger partial charge in [0.2, 0.25) is 5.91 Å². The molecule has 0 spiro atoms. The van der Waals surface area contributed by atoms with Crippen LogP contribution in [-0.4, -0.2) is 28.5 Å². The molecule has 2 aromatic rings. The van der Waals surface area contributed by atoms with Gasteiger partial charge in [0.15, 0.2) is 0 Å². The summed E-state index contributed by atoms with van der Waals surface area (Å²) in [5, 5.41) is 2.92. The lowest BCUT2D eigenvalue weighted by atomic mass is 10.1. The average Bonchev–Trinajstić information content (AvgIpc) is 2.84. The minimum atomic E-state index is -0.145. The van der Waals surface area contributed by atoms with Gasteiger partial charge in [-0.05, 0) is 26.0 Å². The van der Waals surface area contributed by atoms with Gasteiger partial charge < -0.3 is 15.6 Å². The molecule has 0 bridgehead atoms. The first-order chi connectivity index (χ1) is 10.0. The third kappa shape index (κ3) is 3.42. The van der Waals surface area contributed by atoms with Crippen LogP contribution in [0.3, 0.4) is 0 Å². The molecule has 21 heavy (non-hydrogen) atoms. The number of nitrogens with zero attached hydrogens (tertiary/aromatic N) is 2. The molecule has 0 saturated heterocycles. The summed E-state index contributed by atoms with van der Waals surface area (Å²) in [7, 11) is 0. The van der Waals surface area contributed by atoms with Crippen molar-refractivity contribution in [3.8, 4) is 0 Å². The second-order valence-electron chi connectivity index (χ2n) is 5.66. The zero-order chi connectivity index (χ0) is 15.4. The molecule has 3 N–H and O–H groups in total. The van der Waals surface area contributed by atoms with Gasteiger partial charge in [-0.3, -0.25) is 4.79 Å². The Morgan fingerprint density at radius 2 is 2.05 bits per heavy atom. The number of fused-ring (bicyclic) bond motifs is 1. The Kier molecular flexibility index (Phi) is 4.96. The number of nitrogens with two attached hydrogens (primary N) is 1. The summed E-state index contributed by atoms with van der Waals surface area (Å²) < 4.78 is 2.23. The van der Waals surface area contributed by atoms with Crippen molar-refractivity contribution in [3.63, 3.8) is 0 Å². The molecule has 5 heteroatoms. The third-order valence-electron chi connectivity index (χ3n) is 3.63. The number of hydrogen-bond acceptors (Lipinski definition) is 3. The highest BCUT2D eigenvalue weighted by molar-refractivity contribution is 5.78. The van der Waals surface area contributed by atoms with E-state index >= 15 is 0 Å². The quantitative estimate of drug-likeness (QED) is 0.852. The summed E-state index contributed by atoms with van der Waals surface area (Å²) in [4.78, 5) is 16.4. The van der Waals surface area contributed by atoms with Gasteiger partial charge in [-0.2, -0.15) is 0 Å². The topological polar surface area (TPSA) is 72.9 Å². The number of imidazole rings is 1. The molecule has 0 saturated carbocycles. The maximum Gasteiger partial charge on any atom is 0.224 e. The standard InChI is InChI=1S/C16H24N4O/c1-11(2)20-14-7-5-4-6-13(14)19-15(20)8-9-18-16(21)12(3)10-17/h4-7,11-12H,8-10,17H2,1-3H3,(H,18,21). The average molecular weight is 288 g/mol. The zero-order valence-electron chi connectivity index (χ0n) is 13.0. The van der Waals surface area contributed by atoms with Crippen molar-refractivity contribution in [1.29, 1.82) is 0 Å². The molecule has 1 heterocycles. The van der Waals surface area contributed by atoms with Gasteiger partial charge in [-0.25, -0.2) is 4.98 Å². The molecule has 1 aromatic heterocycles. The van der Waals surface area contributed by atoms with Gasteiger partial charge in [-0.1, -0.05) is 19.1 Å². The maximum atomic E-state index is 11.7. The minimum absolute atomic E-state index is 0.00436. The van der Waals surface area contributed by atoms with Crippen LogP contribution in [0.4, 0.5) is 0 Å². The highest BCUT2D eigenvalue weighted by atomic mass is 16.1. The van der Waals surface area contributed by atoms with Crippen LogP contribution in [0.25, 0.3) is 11.0 Å². The molecule has 5 nitrogen and oxygen atoms in total. The van der Waals surface area contributed by atoms with Gasteiger partial charge in [0.05, 0.1) is 11.0 Å². The first kappa shape index (κ1) is 15.5. The van der Waals surface area contributed by atoms with E-state index in [0.717, 1.165) is 23.3 Å². The highest BCUT2D eigenvalue weighted by Crippen LogP contribution is 2.20. The molecular weight excluding hydrogens is 264 g/mol. The zero-order valence-corrected chi connectivity index (χ0v) is 13.0. The fourth-order valence-corrected chi connectivity index (χ4v) is 2.43. The van der Waals surface area contributed by atoms with Crippen molar-refractivity contribution >= 4 is 16.9 Å². The Labute approximate surface area is 125 Å². The molecule has 0 aliphatic heterocycles. The minimum Gasteiger partial charge on any atom is -0.355 e. The normalized spacial score (nSPS) is 12.8. The SMILES string of the molecule is CC(CN)C(=O)NCCc1nc2ccccc2n1C(C)C. The van der Waals surface area contributed by atoms with Crippen molar-refractivity contribution < 1.29 is 4.79 Å². The summed E-state index contributed by atoms with van der Waals surface area (Å²) in [6, 6.07) is 8.46. The van der Waals surface area contributed by atoms with E-state index in [1.807, 2.05) is 25.1 Å². The van der Waals surface area contributed by atoms with Gasteiger partial charge in [0.25, 0.3) is 0 Å². The van der Waals surface area contributed by atoms with Crippen molar-refractivity contribution in [2.75, 3.05) is 13.1 Å². The van der Waals surface area contributed by atoms with Crippen LogP contribution in [0.15, 0.2) is 24.3 Å². The predicted octanol–water partition coefficient (Wildman–Crippen LogP) is 1.87. The summed E-state index contributed by atoms with van der Waals surface area (Å²) in [6.45, 7) is 7.08. The van der Waals surface area contributed by atoms with Crippen LogP contribution in [0.1, 0.15) is 32.6 Å². The van der Waals surface area contributed by atoms with E-state index in [1.54, 1.807) is 0 Å². The molecule has 0 aliphatic carbocycles. The van der Waals surface area contributed by atoms with Crippen LogP contribution in [0.2, 0.25) is 0 Å². The third-order valence-corrected chi connectivity index (χ3v) is 3.63. The van der Waals surface area contributed by atoms with Crippen LogP contribution in [-0.2, 0) is 11.2 Å². The maximum absolute atomic E-state index is 11.7. The lowest BCUT2D eigenvalue weighted by molar-refractivity contribution is -0.124. The summed E-state index contributed by atoms with van der Waals surface area (Å²) >= 11 is 0. The van der Waals surface area contributed by atoms with Crippen molar-refractivity contribution in [2.45, 2.75) is 33.2 Å². The molecule has 1 unspecified atom stereocenters. The molecule has 114 valence electrons. The van der Waals surface area contributed by atoms with Gasteiger partial charge >= 0.3 is 0 Å². The monoisotopic (exact) mass is 288 g/mol. The van der Waals surface area contributed by atoms with Crippen LogP contribution < -0.4 is 11.1 Å². The van der Waals surface area contributed by atoms with E-state index in [0.29, 0.717) is 19.1 Å². The predicted molar refractivity (Wildman–Crippen MR) is 85.1 cm³/mol. The first-order valence-electron chi connectivity index (χ1n) is 7.48. The van der Waals surface area contributed by atoms with Crippen LogP contribution in [0.5, 0.6) is 0 Å². The lowest BCUT2D eigenvalue weighted by Gasteiger charge is -2.14. The van der Waals surface area contributed by atoms with Gasteiger partial charge in [-0.15, -0.1) is 0 Å². The number of para-hydroxylation sites is 2. The number of amides is 1. The number of benzene rings is 1. The van der Waals surface area contributed by atoms with Gasteiger partial charge in [0.1, 0.15) is 5.82 Å². The molecule has 0 fully saturated rings. The van der Waals surface area contributed by atoms with E-state index < -0.39 is 0 Å². The Morgan fingerprint density at radius 3 is 2.71 bits per heavy atom. The molecule has 1 aromatic carbocycles. The second kappa shape index (κ2) is 6.72. The van der Waals surface area contributed by atoms with E-state index in [2.05, 4.69) is 34.8 Å². The highest BCUT2D eigenvalue weighted by Gasteiger charge is 2.14. The van der Waals surface area contributed by atoms with Crippen molar-refractivity contribution in [1.82, 2.24) is 14.9 Å². The first-order valence-corrected chi connectivity index (χ1v) is 7.48.